The minimum Gasteiger partial charge on any atom is -0.491 e. The summed E-state index contributed by atoms with van der Waals surface area (Å²) in [5.74, 6) is 6.30. The molecule has 0 aliphatic carbocycles. The van der Waals surface area contributed by atoms with Gasteiger partial charge in [-0.15, -0.1) is 0 Å². The molecule has 0 radical (unpaired) electrons. The lowest BCUT2D eigenvalue weighted by Gasteiger charge is -2.08. The number of aliphatic hydroxyl groups excluding tert-OH is 1. The van der Waals surface area contributed by atoms with Crippen molar-refractivity contribution in [2.24, 2.45) is 0 Å². The minimum atomic E-state index is -0.120. The smallest absolute Gasteiger partial charge is 0.122 e. The van der Waals surface area contributed by atoms with Gasteiger partial charge in [0.15, 0.2) is 0 Å². The number of aryl methyl sites for hydroxylation is 1. The first kappa shape index (κ1) is 12.6. The number of benzene rings is 1. The van der Waals surface area contributed by atoms with E-state index in [1.54, 1.807) is 7.11 Å². The quantitative estimate of drug-likeness (QED) is 0.615. The Morgan fingerprint density at radius 2 is 2.12 bits per heavy atom. The topological polar surface area (TPSA) is 38.7 Å². The molecule has 0 aromatic heterocycles. The highest BCUT2D eigenvalue weighted by atomic mass is 16.5. The van der Waals surface area contributed by atoms with Crippen molar-refractivity contribution in [1.29, 1.82) is 0 Å². The van der Waals surface area contributed by atoms with E-state index in [1.807, 2.05) is 25.1 Å². The molecule has 0 amide bonds. The Bertz CT molecular complexity index is 388. The van der Waals surface area contributed by atoms with E-state index in [1.165, 1.54) is 0 Å². The maximum Gasteiger partial charge on any atom is 0.122 e. The zero-order valence-corrected chi connectivity index (χ0v) is 9.62. The van der Waals surface area contributed by atoms with Crippen LogP contribution >= 0.6 is 0 Å². The number of hydrogen-bond donors (Lipinski definition) is 1. The lowest BCUT2D eigenvalue weighted by molar-refractivity contribution is 0.146. The third-order valence-electron chi connectivity index (χ3n) is 2.03. The number of hydrogen-bond acceptors (Lipinski definition) is 3. The fraction of sp³-hybridized carbons (Fsp3) is 0.385. The van der Waals surface area contributed by atoms with Crippen LogP contribution in [0.15, 0.2) is 18.2 Å². The summed E-state index contributed by atoms with van der Waals surface area (Å²) in [7, 11) is 1.64. The fourth-order valence-electron chi connectivity index (χ4n) is 1.27. The summed E-state index contributed by atoms with van der Waals surface area (Å²) < 4.78 is 10.4. The van der Waals surface area contributed by atoms with Gasteiger partial charge in [-0.05, 0) is 30.7 Å². The first-order valence-electron chi connectivity index (χ1n) is 5.10. The number of rotatable bonds is 4. The van der Waals surface area contributed by atoms with Crippen molar-refractivity contribution >= 4 is 0 Å². The van der Waals surface area contributed by atoms with Gasteiger partial charge in [0.1, 0.15) is 19.0 Å². The summed E-state index contributed by atoms with van der Waals surface area (Å²) in [5, 5.41) is 8.58. The Labute approximate surface area is 96.0 Å². The second-order valence-electron chi connectivity index (χ2n) is 3.28. The van der Waals surface area contributed by atoms with Crippen LogP contribution in [0.25, 0.3) is 0 Å². The van der Waals surface area contributed by atoms with Crippen molar-refractivity contribution in [2.75, 3.05) is 26.9 Å². The summed E-state index contributed by atoms with van der Waals surface area (Å²) in [6, 6.07) is 5.69. The van der Waals surface area contributed by atoms with E-state index >= 15 is 0 Å². The number of aliphatic hydroxyl groups is 1. The molecule has 0 saturated carbocycles. The summed E-state index contributed by atoms with van der Waals surface area (Å²) >= 11 is 0. The molecule has 0 fully saturated rings. The number of methoxy groups -OCH3 is 1. The average Bonchev–Trinajstić information content (AvgIpc) is 2.29. The maximum absolute atomic E-state index is 8.58. The highest BCUT2D eigenvalue weighted by Gasteiger charge is 1.99. The van der Waals surface area contributed by atoms with Crippen LogP contribution in [0.1, 0.15) is 11.1 Å². The first-order chi connectivity index (χ1) is 7.77. The molecule has 16 heavy (non-hydrogen) atoms. The van der Waals surface area contributed by atoms with Gasteiger partial charge in [0.2, 0.25) is 0 Å². The van der Waals surface area contributed by atoms with Gasteiger partial charge in [-0.1, -0.05) is 11.8 Å². The van der Waals surface area contributed by atoms with Crippen molar-refractivity contribution in [3.05, 3.63) is 29.3 Å². The van der Waals surface area contributed by atoms with Crippen molar-refractivity contribution in [2.45, 2.75) is 6.92 Å². The summed E-state index contributed by atoms with van der Waals surface area (Å²) in [6.45, 7) is 2.96. The molecule has 1 N–H and O–H groups in total. The first-order valence-corrected chi connectivity index (χ1v) is 5.10. The molecular weight excluding hydrogens is 204 g/mol. The zero-order chi connectivity index (χ0) is 11.8. The third kappa shape index (κ3) is 3.93. The maximum atomic E-state index is 8.58. The average molecular weight is 220 g/mol. The van der Waals surface area contributed by atoms with Crippen molar-refractivity contribution in [3.63, 3.8) is 0 Å². The third-order valence-corrected chi connectivity index (χ3v) is 2.03. The Balaban J connectivity index is 2.67. The second kappa shape index (κ2) is 6.89. The van der Waals surface area contributed by atoms with Gasteiger partial charge < -0.3 is 14.6 Å². The van der Waals surface area contributed by atoms with Crippen molar-refractivity contribution in [1.82, 2.24) is 0 Å². The van der Waals surface area contributed by atoms with E-state index in [2.05, 4.69) is 11.8 Å². The molecule has 1 aromatic rings. The molecule has 1 rings (SSSR count). The van der Waals surface area contributed by atoms with Crippen molar-refractivity contribution < 1.29 is 14.6 Å². The molecule has 0 aliphatic heterocycles. The number of ether oxygens (including phenoxy) is 2. The van der Waals surface area contributed by atoms with Crippen LogP contribution in [-0.4, -0.2) is 32.0 Å². The fourth-order valence-corrected chi connectivity index (χ4v) is 1.27. The van der Waals surface area contributed by atoms with Gasteiger partial charge in [0.25, 0.3) is 0 Å². The molecule has 1 aromatic carbocycles. The van der Waals surface area contributed by atoms with Gasteiger partial charge in [0, 0.05) is 12.7 Å². The lowest BCUT2D eigenvalue weighted by atomic mass is 10.1. The predicted molar refractivity (Wildman–Crippen MR) is 62.5 cm³/mol. The molecule has 0 heterocycles. The van der Waals surface area contributed by atoms with Gasteiger partial charge in [0.05, 0.1) is 6.61 Å². The standard InChI is InChI=1S/C13H16O3/c1-11-10-12(4-3-7-14)5-6-13(11)16-9-8-15-2/h5-6,10,14H,7-9H2,1-2H3. The predicted octanol–water partition coefficient (Wildman–Crippen LogP) is 1.36. The van der Waals surface area contributed by atoms with Gasteiger partial charge in [-0.2, -0.15) is 0 Å². The van der Waals surface area contributed by atoms with E-state index < -0.39 is 0 Å². The Hall–Kier alpha value is -1.50. The van der Waals surface area contributed by atoms with E-state index in [9.17, 15) is 0 Å². The molecule has 3 heteroatoms. The second-order valence-corrected chi connectivity index (χ2v) is 3.28. The Kier molecular flexibility index (Phi) is 5.41. The summed E-state index contributed by atoms with van der Waals surface area (Å²) in [6.07, 6.45) is 0. The van der Waals surface area contributed by atoms with Crippen LogP contribution in [0.4, 0.5) is 0 Å². The summed E-state index contributed by atoms with van der Waals surface area (Å²) in [4.78, 5) is 0. The normalized spacial score (nSPS) is 9.44. The van der Waals surface area contributed by atoms with Gasteiger partial charge in [-0.3, -0.25) is 0 Å². The van der Waals surface area contributed by atoms with E-state index in [0.29, 0.717) is 13.2 Å². The molecule has 0 bridgehead atoms. The van der Waals surface area contributed by atoms with Crippen LogP contribution in [0.3, 0.4) is 0 Å². The molecule has 0 saturated heterocycles. The Morgan fingerprint density at radius 1 is 1.31 bits per heavy atom. The molecule has 3 nitrogen and oxygen atoms in total. The van der Waals surface area contributed by atoms with Crippen LogP contribution in [-0.2, 0) is 4.74 Å². The SMILES string of the molecule is COCCOc1ccc(C#CCO)cc1C. The molecule has 0 atom stereocenters. The van der Waals surface area contributed by atoms with Gasteiger partial charge in [-0.25, -0.2) is 0 Å². The van der Waals surface area contributed by atoms with Crippen molar-refractivity contribution in [3.8, 4) is 17.6 Å². The molecule has 0 spiro atoms. The lowest BCUT2D eigenvalue weighted by Crippen LogP contribution is -2.05. The highest BCUT2D eigenvalue weighted by molar-refractivity contribution is 5.43. The molecule has 86 valence electrons. The largest absolute Gasteiger partial charge is 0.491 e. The summed E-state index contributed by atoms with van der Waals surface area (Å²) in [5.41, 5.74) is 1.91. The van der Waals surface area contributed by atoms with E-state index in [0.717, 1.165) is 16.9 Å². The van der Waals surface area contributed by atoms with Crippen LogP contribution in [0.5, 0.6) is 5.75 Å². The van der Waals surface area contributed by atoms with Crippen LogP contribution in [0.2, 0.25) is 0 Å². The molecule has 0 unspecified atom stereocenters. The van der Waals surface area contributed by atoms with E-state index in [4.69, 9.17) is 14.6 Å². The Morgan fingerprint density at radius 3 is 2.75 bits per heavy atom. The van der Waals surface area contributed by atoms with Crippen LogP contribution in [0, 0.1) is 18.8 Å². The highest BCUT2D eigenvalue weighted by Crippen LogP contribution is 2.18. The monoisotopic (exact) mass is 220 g/mol. The van der Waals surface area contributed by atoms with E-state index in [-0.39, 0.29) is 6.61 Å². The van der Waals surface area contributed by atoms with Gasteiger partial charge >= 0.3 is 0 Å². The minimum absolute atomic E-state index is 0.120. The molecule has 0 aliphatic rings. The molecular formula is C13H16O3. The zero-order valence-electron chi connectivity index (χ0n) is 9.62. The van der Waals surface area contributed by atoms with Crippen LogP contribution < -0.4 is 4.74 Å².